The average molecular weight is 794 g/mol. The van der Waals surface area contributed by atoms with Crippen LogP contribution in [0.5, 0.6) is 0 Å². The van der Waals surface area contributed by atoms with Crippen LogP contribution in [0.15, 0.2) is 82.6 Å². The fourth-order valence-corrected chi connectivity index (χ4v) is 10.9. The minimum atomic E-state index is -3.55. The van der Waals surface area contributed by atoms with Gasteiger partial charge in [0.15, 0.2) is 4.33 Å². The smallest absolute Gasteiger partial charge is 0.279 e. The Balaban J connectivity index is 0.000000201. The van der Waals surface area contributed by atoms with Crippen LogP contribution in [-0.4, -0.2) is 56.0 Å². The van der Waals surface area contributed by atoms with E-state index >= 15 is 0 Å². The molecule has 0 spiro atoms. The van der Waals surface area contributed by atoms with Crippen molar-refractivity contribution in [2.24, 2.45) is 5.92 Å². The molecule has 0 radical (unpaired) electrons. The van der Waals surface area contributed by atoms with Crippen LogP contribution in [0.4, 0.5) is 11.4 Å². The highest BCUT2D eigenvalue weighted by Crippen LogP contribution is 2.44. The Hall–Kier alpha value is -3.66. The predicted molar refractivity (Wildman–Crippen MR) is 202 cm³/mol. The number of hydrogen-bond donors (Lipinski definition) is 4. The maximum atomic E-state index is 13.0. The summed E-state index contributed by atoms with van der Waals surface area (Å²) in [5, 5.41) is 20.6. The highest BCUT2D eigenvalue weighted by Gasteiger charge is 2.38. The Morgan fingerprint density at radius 1 is 0.712 bits per heavy atom. The summed E-state index contributed by atoms with van der Waals surface area (Å²) in [5.74, 6) is -1.52. The number of nitrogens with zero attached hydrogens (tertiary/aromatic N) is 2. The Morgan fingerprint density at radius 3 is 1.85 bits per heavy atom. The normalized spacial score (nSPS) is 16.3. The molecule has 16 heteroatoms. The summed E-state index contributed by atoms with van der Waals surface area (Å²) in [6, 6.07) is 21.7. The third-order valence-electron chi connectivity index (χ3n) is 9.55. The van der Waals surface area contributed by atoms with Crippen LogP contribution in [0.25, 0.3) is 21.5 Å². The summed E-state index contributed by atoms with van der Waals surface area (Å²) >= 11 is 11.7. The van der Waals surface area contributed by atoms with Gasteiger partial charge in [-0.3, -0.25) is 28.6 Å². The van der Waals surface area contributed by atoms with Gasteiger partial charge in [0.05, 0.1) is 21.2 Å². The number of carbonyl (C=O) groups excluding carboxylic acids is 2. The van der Waals surface area contributed by atoms with E-state index in [2.05, 4.69) is 0 Å². The zero-order valence-electron chi connectivity index (χ0n) is 28.8. The van der Waals surface area contributed by atoms with Gasteiger partial charge in [0, 0.05) is 29.3 Å². The van der Waals surface area contributed by atoms with Gasteiger partial charge in [0.25, 0.3) is 26.0 Å². The van der Waals surface area contributed by atoms with Crippen molar-refractivity contribution in [2.45, 2.75) is 85.4 Å². The molecule has 2 heterocycles. The Kier molecular flexibility index (Phi) is 12.3. The highest BCUT2D eigenvalue weighted by molar-refractivity contribution is 7.93. The fourth-order valence-electron chi connectivity index (χ4n) is 6.82. The monoisotopic (exact) mass is 792 g/mol. The number of hydrogen-bond acceptors (Lipinski definition) is 8. The number of nitrogens with one attached hydrogen (secondary N) is 2. The third-order valence-corrected chi connectivity index (χ3v) is 14.1. The zero-order chi connectivity index (χ0) is 37.8. The number of halogens is 2. The molecule has 0 saturated carbocycles. The van der Waals surface area contributed by atoms with Gasteiger partial charge in [-0.15, -0.1) is 0 Å². The summed E-state index contributed by atoms with van der Waals surface area (Å²) in [7, 11) is -7.08. The van der Waals surface area contributed by atoms with E-state index in [4.69, 9.17) is 33.6 Å². The van der Waals surface area contributed by atoms with Gasteiger partial charge in [-0.2, -0.15) is 0 Å². The third kappa shape index (κ3) is 7.82. The SMILES string of the molecule is CC(CCCCC(C)N1c2cccc3cccc(c23)S1(=O)=O)C(=O)NO.O=C(NO)C(Cl)(Cl)CCCCCN1c2cccc3cccc(c23)S1(=O)=O. The van der Waals surface area contributed by atoms with Gasteiger partial charge in [0.1, 0.15) is 0 Å². The molecular weight excluding hydrogens is 751 g/mol. The molecule has 0 aromatic heterocycles. The molecule has 0 bridgehead atoms. The van der Waals surface area contributed by atoms with Gasteiger partial charge in [-0.25, -0.2) is 27.8 Å². The summed E-state index contributed by atoms with van der Waals surface area (Å²) in [5.41, 5.74) is 4.54. The van der Waals surface area contributed by atoms with Crippen molar-refractivity contribution in [1.82, 2.24) is 11.0 Å². The van der Waals surface area contributed by atoms with Crippen molar-refractivity contribution in [3.05, 3.63) is 72.8 Å². The second kappa shape index (κ2) is 16.1. The van der Waals surface area contributed by atoms with E-state index in [1.807, 2.05) is 55.5 Å². The molecule has 12 nitrogen and oxygen atoms in total. The van der Waals surface area contributed by atoms with Gasteiger partial charge in [-0.1, -0.05) is 97.9 Å². The number of rotatable bonds is 14. The van der Waals surface area contributed by atoms with Gasteiger partial charge < -0.3 is 0 Å². The lowest BCUT2D eigenvalue weighted by atomic mass is 10.0. The molecule has 6 rings (SSSR count). The van der Waals surface area contributed by atoms with Crippen molar-refractivity contribution in [3.8, 4) is 0 Å². The van der Waals surface area contributed by atoms with E-state index in [-0.39, 0.29) is 24.3 Å². The van der Waals surface area contributed by atoms with Crippen molar-refractivity contribution < 1.29 is 36.8 Å². The number of benzene rings is 4. The van der Waals surface area contributed by atoms with E-state index in [0.717, 1.165) is 40.1 Å². The maximum absolute atomic E-state index is 13.0. The summed E-state index contributed by atoms with van der Waals surface area (Å²) < 4.78 is 52.9. The molecule has 0 aliphatic carbocycles. The molecule has 4 aromatic rings. The molecule has 4 N–H and O–H groups in total. The number of amides is 2. The number of carbonyl (C=O) groups is 2. The number of unbranched alkanes of at least 4 members (excludes halogenated alkanes) is 3. The molecule has 4 aromatic carbocycles. The average Bonchev–Trinajstić information content (AvgIpc) is 3.50. The van der Waals surface area contributed by atoms with Crippen LogP contribution >= 0.6 is 23.2 Å². The van der Waals surface area contributed by atoms with Crippen molar-refractivity contribution in [2.75, 3.05) is 15.2 Å². The first-order valence-corrected chi connectivity index (χ1v) is 20.7. The van der Waals surface area contributed by atoms with E-state index in [1.165, 1.54) is 14.1 Å². The Bertz CT molecular complexity index is 2170. The minimum Gasteiger partial charge on any atom is -0.289 e. The second-order valence-electron chi connectivity index (χ2n) is 13.1. The molecule has 2 aliphatic heterocycles. The van der Waals surface area contributed by atoms with Crippen LogP contribution in [0.1, 0.15) is 65.2 Å². The lowest BCUT2D eigenvalue weighted by Gasteiger charge is -2.26. The number of anilines is 2. The lowest BCUT2D eigenvalue weighted by Crippen LogP contribution is -2.36. The summed E-state index contributed by atoms with van der Waals surface area (Å²) in [4.78, 5) is 23.3. The highest BCUT2D eigenvalue weighted by atomic mass is 35.5. The van der Waals surface area contributed by atoms with E-state index in [0.29, 0.717) is 54.1 Å². The van der Waals surface area contributed by atoms with Gasteiger partial charge >= 0.3 is 0 Å². The quantitative estimate of drug-likeness (QED) is 0.0456. The molecule has 0 saturated heterocycles. The first-order valence-electron chi connectivity index (χ1n) is 17.0. The lowest BCUT2D eigenvalue weighted by molar-refractivity contribution is -0.133. The van der Waals surface area contributed by atoms with E-state index in [1.54, 1.807) is 36.7 Å². The second-order valence-corrected chi connectivity index (χ2v) is 18.2. The van der Waals surface area contributed by atoms with Crippen molar-refractivity contribution >= 4 is 88.0 Å². The minimum absolute atomic E-state index is 0.158. The Labute approximate surface area is 313 Å². The van der Waals surface area contributed by atoms with Crippen molar-refractivity contribution in [3.63, 3.8) is 0 Å². The first-order chi connectivity index (χ1) is 24.7. The van der Waals surface area contributed by atoms with E-state index in [9.17, 15) is 26.4 Å². The number of alkyl halides is 2. The van der Waals surface area contributed by atoms with Crippen molar-refractivity contribution in [1.29, 1.82) is 0 Å². The number of hydroxylamine groups is 2. The topological polar surface area (TPSA) is 173 Å². The molecule has 0 fully saturated rings. The van der Waals surface area contributed by atoms with E-state index < -0.39 is 30.3 Å². The molecule has 2 atom stereocenters. The molecule has 2 aliphatic rings. The van der Waals surface area contributed by atoms with Crippen LogP contribution < -0.4 is 19.6 Å². The molecule has 280 valence electrons. The molecule has 2 unspecified atom stereocenters. The summed E-state index contributed by atoms with van der Waals surface area (Å²) in [6.45, 7) is 4.02. The van der Waals surface area contributed by atoms with Crippen LogP contribution in [0, 0.1) is 5.92 Å². The molecule has 2 amide bonds. The fraction of sp³-hybridized carbons (Fsp3) is 0.389. The number of sulfonamides is 2. The van der Waals surface area contributed by atoms with Crippen LogP contribution in [0.3, 0.4) is 0 Å². The van der Waals surface area contributed by atoms with Gasteiger partial charge in [-0.05, 0) is 74.1 Å². The maximum Gasteiger partial charge on any atom is 0.279 e. The zero-order valence-corrected chi connectivity index (χ0v) is 31.9. The molecular formula is C36H42Cl2N4O8S2. The van der Waals surface area contributed by atoms with Gasteiger partial charge in [0.2, 0.25) is 5.91 Å². The standard InChI is InChI=1S/C19H24N2O4S.C17H18Cl2N2O4S/c1-13(19(22)20-23)7-3-4-8-14(2)21-16-11-5-9-15-10-6-12-17(18(15)16)26(21,24)25;18-17(19,16(22)20-23)10-2-1-3-11-21-13-8-4-6-12-7-5-9-14(15(12)13)26(21,24)25/h5-6,9-14,23H,3-4,7-8H2,1-2H3,(H,20,22);4-9,23H,1-3,10-11H2,(H,20,22). The predicted octanol–water partition coefficient (Wildman–Crippen LogP) is 7.03. The van der Waals surface area contributed by atoms with Crippen LogP contribution in [0.2, 0.25) is 0 Å². The molecule has 52 heavy (non-hydrogen) atoms. The van der Waals surface area contributed by atoms with Crippen LogP contribution in [-0.2, 0) is 29.6 Å². The largest absolute Gasteiger partial charge is 0.289 e. The first kappa shape index (κ1) is 39.5. The Morgan fingerprint density at radius 2 is 1.25 bits per heavy atom. The summed E-state index contributed by atoms with van der Waals surface area (Å²) in [6.07, 6.45) is 4.87.